The van der Waals surface area contributed by atoms with Crippen LogP contribution in [-0.4, -0.2) is 67.0 Å². The number of anilines is 1. The fourth-order valence-corrected chi connectivity index (χ4v) is 3.57. The standard InChI is InChI=1S/C18H26N4O3/c23-17(21-15-4-5-15)22-7-8-24-13-18(12-22)9-14(11-25-18)10-20-16-3-1-2-6-19-16/h1-3,6,14-15H,4-5,7-13H2,(H,19,20)(H,21,23). The van der Waals surface area contributed by atoms with Crippen molar-refractivity contribution >= 4 is 11.8 Å². The first-order chi connectivity index (χ1) is 12.2. The van der Waals surface area contributed by atoms with Crippen molar-refractivity contribution in [2.45, 2.75) is 30.9 Å². The number of ether oxygens (including phenoxy) is 2. The van der Waals surface area contributed by atoms with Gasteiger partial charge in [-0.25, -0.2) is 9.78 Å². The van der Waals surface area contributed by atoms with Gasteiger partial charge in [-0.3, -0.25) is 0 Å². The highest BCUT2D eigenvalue weighted by atomic mass is 16.5. The summed E-state index contributed by atoms with van der Waals surface area (Å²) >= 11 is 0. The number of urea groups is 1. The second kappa shape index (κ2) is 7.17. The van der Waals surface area contributed by atoms with E-state index >= 15 is 0 Å². The fraction of sp³-hybridized carbons (Fsp3) is 0.667. The van der Waals surface area contributed by atoms with Gasteiger partial charge in [0.1, 0.15) is 11.4 Å². The van der Waals surface area contributed by atoms with Crippen molar-refractivity contribution in [3.05, 3.63) is 24.4 Å². The molecule has 7 nitrogen and oxygen atoms in total. The third-order valence-electron chi connectivity index (χ3n) is 5.06. The molecular formula is C18H26N4O3. The summed E-state index contributed by atoms with van der Waals surface area (Å²) in [5.41, 5.74) is -0.381. The van der Waals surface area contributed by atoms with Gasteiger partial charge in [-0.1, -0.05) is 6.07 Å². The van der Waals surface area contributed by atoms with E-state index in [1.54, 1.807) is 6.20 Å². The number of carbonyl (C=O) groups is 1. The van der Waals surface area contributed by atoms with Gasteiger partial charge in [0, 0.05) is 31.2 Å². The average Bonchev–Trinajstić information content (AvgIpc) is 3.38. The lowest BCUT2D eigenvalue weighted by atomic mass is 9.94. The monoisotopic (exact) mass is 346 g/mol. The quantitative estimate of drug-likeness (QED) is 0.864. The summed E-state index contributed by atoms with van der Waals surface area (Å²) in [4.78, 5) is 18.6. The number of carbonyl (C=O) groups excluding carboxylic acids is 1. The summed E-state index contributed by atoms with van der Waals surface area (Å²) < 4.78 is 11.9. The van der Waals surface area contributed by atoms with E-state index in [4.69, 9.17) is 9.47 Å². The summed E-state index contributed by atoms with van der Waals surface area (Å²) in [6.45, 7) is 3.85. The van der Waals surface area contributed by atoms with Crippen LogP contribution in [0.15, 0.2) is 24.4 Å². The zero-order valence-corrected chi connectivity index (χ0v) is 14.4. The van der Waals surface area contributed by atoms with Gasteiger partial charge in [-0.2, -0.15) is 0 Å². The van der Waals surface area contributed by atoms with Crippen LogP contribution < -0.4 is 10.6 Å². The molecule has 0 radical (unpaired) electrons. The van der Waals surface area contributed by atoms with Gasteiger partial charge >= 0.3 is 6.03 Å². The van der Waals surface area contributed by atoms with Crippen LogP contribution in [0.25, 0.3) is 0 Å². The Balaban J connectivity index is 1.33. The van der Waals surface area contributed by atoms with Crippen LogP contribution in [0, 0.1) is 5.92 Å². The predicted octanol–water partition coefficient (Wildman–Crippen LogP) is 1.47. The van der Waals surface area contributed by atoms with Gasteiger partial charge in [0.05, 0.1) is 26.4 Å². The van der Waals surface area contributed by atoms with Crippen molar-refractivity contribution in [3.8, 4) is 0 Å². The molecule has 0 bridgehead atoms. The van der Waals surface area contributed by atoms with Gasteiger partial charge in [-0.05, 0) is 31.4 Å². The Hall–Kier alpha value is -1.86. The molecule has 2 amide bonds. The van der Waals surface area contributed by atoms with E-state index in [-0.39, 0.29) is 11.6 Å². The summed E-state index contributed by atoms with van der Waals surface area (Å²) in [6.07, 6.45) is 4.86. The van der Waals surface area contributed by atoms with Gasteiger partial charge in [-0.15, -0.1) is 0 Å². The summed E-state index contributed by atoms with van der Waals surface area (Å²) in [5.74, 6) is 1.27. The van der Waals surface area contributed by atoms with Crippen LogP contribution in [0.4, 0.5) is 10.6 Å². The molecule has 1 saturated carbocycles. The van der Waals surface area contributed by atoms with Crippen LogP contribution in [0.5, 0.6) is 0 Å². The number of pyridine rings is 1. The molecule has 0 aromatic carbocycles. The minimum atomic E-state index is -0.381. The molecule has 3 fully saturated rings. The highest BCUT2D eigenvalue weighted by Crippen LogP contribution is 2.33. The van der Waals surface area contributed by atoms with E-state index in [1.165, 1.54) is 0 Å². The maximum absolute atomic E-state index is 12.4. The predicted molar refractivity (Wildman–Crippen MR) is 93.5 cm³/mol. The van der Waals surface area contributed by atoms with Crippen molar-refractivity contribution < 1.29 is 14.3 Å². The molecule has 4 rings (SSSR count). The minimum absolute atomic E-state index is 0.0195. The largest absolute Gasteiger partial charge is 0.377 e. The first-order valence-corrected chi connectivity index (χ1v) is 9.14. The molecular weight excluding hydrogens is 320 g/mol. The molecule has 2 N–H and O–H groups in total. The van der Waals surface area contributed by atoms with E-state index in [1.807, 2.05) is 23.1 Å². The molecule has 7 heteroatoms. The molecule has 25 heavy (non-hydrogen) atoms. The van der Waals surface area contributed by atoms with Crippen molar-refractivity contribution in [1.82, 2.24) is 15.2 Å². The number of hydrogen-bond acceptors (Lipinski definition) is 5. The normalized spacial score (nSPS) is 29.4. The third kappa shape index (κ3) is 4.22. The Labute approximate surface area is 148 Å². The average molecular weight is 346 g/mol. The molecule has 3 aliphatic rings. The Morgan fingerprint density at radius 1 is 1.40 bits per heavy atom. The van der Waals surface area contributed by atoms with E-state index in [0.717, 1.165) is 31.6 Å². The number of nitrogens with one attached hydrogen (secondary N) is 2. The van der Waals surface area contributed by atoms with Crippen molar-refractivity contribution in [3.63, 3.8) is 0 Å². The fourth-order valence-electron chi connectivity index (χ4n) is 3.57. The van der Waals surface area contributed by atoms with Gasteiger partial charge in [0.15, 0.2) is 0 Å². The van der Waals surface area contributed by atoms with Gasteiger partial charge < -0.3 is 25.0 Å². The molecule has 1 spiro atoms. The molecule has 2 aliphatic heterocycles. The van der Waals surface area contributed by atoms with E-state index in [2.05, 4.69) is 15.6 Å². The van der Waals surface area contributed by atoms with E-state index in [0.29, 0.717) is 44.9 Å². The number of amides is 2. The zero-order valence-electron chi connectivity index (χ0n) is 14.4. The van der Waals surface area contributed by atoms with Crippen LogP contribution in [0.3, 0.4) is 0 Å². The number of hydrogen-bond donors (Lipinski definition) is 2. The Morgan fingerprint density at radius 3 is 3.12 bits per heavy atom. The van der Waals surface area contributed by atoms with Crippen molar-refractivity contribution in [2.75, 3.05) is 44.8 Å². The maximum atomic E-state index is 12.4. The molecule has 1 aromatic rings. The summed E-state index contributed by atoms with van der Waals surface area (Å²) in [5, 5.41) is 6.44. The minimum Gasteiger partial charge on any atom is -0.377 e. The maximum Gasteiger partial charge on any atom is 0.317 e. The molecule has 1 aliphatic carbocycles. The van der Waals surface area contributed by atoms with Crippen LogP contribution >= 0.6 is 0 Å². The van der Waals surface area contributed by atoms with Crippen LogP contribution in [-0.2, 0) is 9.47 Å². The number of nitrogens with zero attached hydrogens (tertiary/aromatic N) is 2. The molecule has 136 valence electrons. The third-order valence-corrected chi connectivity index (χ3v) is 5.06. The van der Waals surface area contributed by atoms with E-state index < -0.39 is 0 Å². The molecule has 3 heterocycles. The van der Waals surface area contributed by atoms with Gasteiger partial charge in [0.25, 0.3) is 0 Å². The van der Waals surface area contributed by atoms with Crippen molar-refractivity contribution in [1.29, 1.82) is 0 Å². The van der Waals surface area contributed by atoms with E-state index in [9.17, 15) is 4.79 Å². The second-order valence-electron chi connectivity index (χ2n) is 7.36. The molecule has 2 unspecified atom stereocenters. The number of rotatable bonds is 4. The zero-order chi connectivity index (χ0) is 17.1. The Bertz CT molecular complexity index is 595. The van der Waals surface area contributed by atoms with Crippen LogP contribution in [0.2, 0.25) is 0 Å². The summed E-state index contributed by atoms with van der Waals surface area (Å²) in [7, 11) is 0. The lowest BCUT2D eigenvalue weighted by molar-refractivity contribution is -0.0530. The highest BCUT2D eigenvalue weighted by Gasteiger charge is 2.44. The first-order valence-electron chi connectivity index (χ1n) is 9.14. The lowest BCUT2D eigenvalue weighted by Gasteiger charge is -2.31. The lowest BCUT2D eigenvalue weighted by Crippen LogP contribution is -2.50. The molecule has 1 aromatic heterocycles. The smallest absolute Gasteiger partial charge is 0.317 e. The van der Waals surface area contributed by atoms with Gasteiger partial charge in [0.2, 0.25) is 0 Å². The highest BCUT2D eigenvalue weighted by molar-refractivity contribution is 5.75. The molecule has 2 atom stereocenters. The Morgan fingerprint density at radius 2 is 2.32 bits per heavy atom. The van der Waals surface area contributed by atoms with Crippen LogP contribution in [0.1, 0.15) is 19.3 Å². The number of aromatic nitrogens is 1. The SMILES string of the molecule is O=C(NC1CC1)N1CCOCC2(CC(CNc3ccccn3)CO2)C1. The van der Waals surface area contributed by atoms with Crippen molar-refractivity contribution in [2.24, 2.45) is 5.92 Å². The molecule has 2 saturated heterocycles. The summed E-state index contributed by atoms with van der Waals surface area (Å²) in [6, 6.07) is 6.23. The first kappa shape index (κ1) is 16.6. The topological polar surface area (TPSA) is 75.7 Å². The Kier molecular flexibility index (Phi) is 4.76. The second-order valence-corrected chi connectivity index (χ2v) is 7.36.